The molecule has 4 nitrogen and oxygen atoms in total. The van der Waals surface area contributed by atoms with Crippen molar-refractivity contribution in [1.82, 2.24) is 10.2 Å². The van der Waals surface area contributed by atoms with Gasteiger partial charge in [-0.15, -0.1) is 0 Å². The topological polar surface area (TPSA) is 58.4 Å². The Balaban J connectivity index is 1.33. The fourth-order valence-corrected chi connectivity index (χ4v) is 4.17. The van der Waals surface area contributed by atoms with Crippen molar-refractivity contribution in [3.8, 4) is 11.1 Å². The highest BCUT2D eigenvalue weighted by molar-refractivity contribution is 5.74. The molecule has 25 heavy (non-hydrogen) atoms. The van der Waals surface area contributed by atoms with E-state index in [0.29, 0.717) is 18.4 Å². The second kappa shape index (κ2) is 6.89. The lowest BCUT2D eigenvalue weighted by Gasteiger charge is -2.36. The first-order valence-electron chi connectivity index (χ1n) is 9.13. The third-order valence-electron chi connectivity index (χ3n) is 5.70. The largest absolute Gasteiger partial charge is 0.334 e. The highest BCUT2D eigenvalue weighted by Gasteiger charge is 2.41. The Labute approximate surface area is 149 Å². The van der Waals surface area contributed by atoms with Gasteiger partial charge >= 0.3 is 6.03 Å². The number of nitrogens with one attached hydrogen (secondary N) is 1. The second-order valence-electron chi connectivity index (χ2n) is 7.30. The summed E-state index contributed by atoms with van der Waals surface area (Å²) in [4.78, 5) is 14.4. The normalized spacial score (nSPS) is 25.0. The fraction of sp³-hybridized carbons (Fsp3) is 0.381. The van der Waals surface area contributed by atoms with Crippen LogP contribution in [-0.4, -0.2) is 30.1 Å². The number of hydrogen-bond donors (Lipinski definition) is 2. The van der Waals surface area contributed by atoms with E-state index in [2.05, 4.69) is 41.7 Å². The van der Waals surface area contributed by atoms with Gasteiger partial charge in [-0.25, -0.2) is 4.79 Å². The van der Waals surface area contributed by atoms with Crippen molar-refractivity contribution in [1.29, 1.82) is 0 Å². The summed E-state index contributed by atoms with van der Waals surface area (Å²) in [6.45, 7) is 2.17. The number of fused-ring (bicyclic) bond motifs is 2. The maximum Gasteiger partial charge on any atom is 0.317 e. The lowest BCUT2D eigenvalue weighted by atomic mass is 9.93. The first kappa shape index (κ1) is 16.2. The lowest BCUT2D eigenvalue weighted by Crippen LogP contribution is -2.53. The van der Waals surface area contributed by atoms with Crippen molar-refractivity contribution in [3.05, 3.63) is 60.2 Å². The Hall–Kier alpha value is -2.33. The summed E-state index contributed by atoms with van der Waals surface area (Å²) >= 11 is 0. The standard InChI is InChI=1S/C21H25N3O/c22-20-18-10-11-19(20)14-24(13-18)21(25)23-12-15-6-8-17(9-7-15)16-4-2-1-3-5-16/h1-9,18-20H,10-14,22H2,(H,23,25)/t18-,19+,20?. The smallest absolute Gasteiger partial charge is 0.317 e. The molecule has 1 saturated heterocycles. The van der Waals surface area contributed by atoms with Crippen LogP contribution in [0.15, 0.2) is 54.6 Å². The predicted octanol–water partition coefficient (Wildman–Crippen LogP) is 3.23. The van der Waals surface area contributed by atoms with E-state index in [-0.39, 0.29) is 12.1 Å². The predicted molar refractivity (Wildman–Crippen MR) is 99.9 cm³/mol. The molecule has 4 rings (SSSR count). The number of urea groups is 1. The van der Waals surface area contributed by atoms with E-state index in [9.17, 15) is 4.79 Å². The number of likely N-dealkylation sites (tertiary alicyclic amines) is 1. The van der Waals surface area contributed by atoms with Crippen LogP contribution in [0, 0.1) is 11.8 Å². The van der Waals surface area contributed by atoms with Gasteiger partial charge in [0.25, 0.3) is 0 Å². The van der Waals surface area contributed by atoms with Crippen LogP contribution in [0.3, 0.4) is 0 Å². The molecular weight excluding hydrogens is 310 g/mol. The molecule has 0 spiro atoms. The maximum atomic E-state index is 12.5. The Morgan fingerprint density at radius 1 is 0.960 bits per heavy atom. The SMILES string of the molecule is NC1[C@@H]2CC[C@H]1CN(C(=O)NCc1ccc(-c3ccccc3)cc1)C2. The average molecular weight is 335 g/mol. The maximum absolute atomic E-state index is 12.5. The summed E-state index contributed by atoms with van der Waals surface area (Å²) in [6.07, 6.45) is 2.33. The highest BCUT2D eigenvalue weighted by atomic mass is 16.2. The van der Waals surface area contributed by atoms with Crippen LogP contribution in [-0.2, 0) is 6.54 Å². The number of benzene rings is 2. The number of hydrogen-bond acceptors (Lipinski definition) is 2. The molecule has 1 unspecified atom stereocenters. The molecule has 4 heteroatoms. The molecule has 2 fully saturated rings. The summed E-state index contributed by atoms with van der Waals surface area (Å²) in [5, 5.41) is 3.06. The van der Waals surface area contributed by atoms with Gasteiger partial charge in [0.1, 0.15) is 0 Å². The monoisotopic (exact) mass is 335 g/mol. The second-order valence-corrected chi connectivity index (χ2v) is 7.30. The first-order valence-corrected chi connectivity index (χ1v) is 9.13. The van der Waals surface area contributed by atoms with E-state index >= 15 is 0 Å². The Morgan fingerprint density at radius 3 is 2.20 bits per heavy atom. The van der Waals surface area contributed by atoms with Gasteiger partial charge in [-0.1, -0.05) is 54.6 Å². The summed E-state index contributed by atoms with van der Waals surface area (Å²) < 4.78 is 0. The van der Waals surface area contributed by atoms with Gasteiger partial charge < -0.3 is 16.0 Å². The van der Waals surface area contributed by atoms with Crippen LogP contribution < -0.4 is 11.1 Å². The molecule has 1 aliphatic heterocycles. The molecule has 1 heterocycles. The van der Waals surface area contributed by atoms with Crippen molar-refractivity contribution < 1.29 is 4.79 Å². The van der Waals surface area contributed by atoms with Gasteiger partial charge in [-0.05, 0) is 41.4 Å². The van der Waals surface area contributed by atoms with E-state index in [0.717, 1.165) is 31.5 Å². The molecule has 1 aliphatic carbocycles. The molecule has 2 bridgehead atoms. The summed E-state index contributed by atoms with van der Waals surface area (Å²) in [6, 6.07) is 19.0. The van der Waals surface area contributed by atoms with Gasteiger partial charge in [0.15, 0.2) is 0 Å². The number of rotatable bonds is 3. The molecule has 2 amide bonds. The summed E-state index contributed by atoms with van der Waals surface area (Å²) in [5.41, 5.74) is 9.73. The molecule has 3 N–H and O–H groups in total. The molecule has 2 aliphatic rings. The van der Waals surface area contributed by atoms with E-state index < -0.39 is 0 Å². The lowest BCUT2D eigenvalue weighted by molar-refractivity contribution is 0.150. The van der Waals surface area contributed by atoms with Crippen molar-refractivity contribution in [3.63, 3.8) is 0 Å². The van der Waals surface area contributed by atoms with Crippen LogP contribution in [0.25, 0.3) is 11.1 Å². The summed E-state index contributed by atoms with van der Waals surface area (Å²) in [7, 11) is 0. The van der Waals surface area contributed by atoms with Crippen molar-refractivity contribution in [2.24, 2.45) is 17.6 Å². The number of amides is 2. The highest BCUT2D eigenvalue weighted by Crippen LogP contribution is 2.35. The summed E-state index contributed by atoms with van der Waals surface area (Å²) in [5.74, 6) is 0.962. The van der Waals surface area contributed by atoms with Crippen molar-refractivity contribution in [2.75, 3.05) is 13.1 Å². The minimum atomic E-state index is 0.0379. The van der Waals surface area contributed by atoms with Crippen molar-refractivity contribution in [2.45, 2.75) is 25.4 Å². The van der Waals surface area contributed by atoms with Gasteiger partial charge in [0.2, 0.25) is 0 Å². The number of carbonyl (C=O) groups is 1. The van der Waals surface area contributed by atoms with E-state index in [4.69, 9.17) is 5.73 Å². The van der Waals surface area contributed by atoms with Gasteiger partial charge in [0.05, 0.1) is 0 Å². The first-order chi connectivity index (χ1) is 12.2. The fourth-order valence-electron chi connectivity index (χ4n) is 4.17. The van der Waals surface area contributed by atoms with E-state index in [1.807, 2.05) is 23.1 Å². The van der Waals surface area contributed by atoms with Crippen LogP contribution in [0.5, 0.6) is 0 Å². The zero-order chi connectivity index (χ0) is 17.2. The Bertz CT molecular complexity index is 715. The molecule has 1 saturated carbocycles. The van der Waals surface area contributed by atoms with Gasteiger partial charge in [-0.3, -0.25) is 0 Å². The minimum Gasteiger partial charge on any atom is -0.334 e. The average Bonchev–Trinajstić information content (AvgIpc) is 2.87. The van der Waals surface area contributed by atoms with Crippen LogP contribution in [0.1, 0.15) is 18.4 Å². The molecule has 2 aromatic carbocycles. The minimum absolute atomic E-state index is 0.0379. The number of nitrogens with zero attached hydrogens (tertiary/aromatic N) is 1. The van der Waals surface area contributed by atoms with Crippen molar-refractivity contribution >= 4 is 6.03 Å². The quantitative estimate of drug-likeness (QED) is 0.905. The van der Waals surface area contributed by atoms with E-state index in [1.54, 1.807) is 0 Å². The molecular formula is C21H25N3O. The number of piperidine rings is 1. The van der Waals surface area contributed by atoms with Gasteiger partial charge in [0, 0.05) is 25.7 Å². The zero-order valence-corrected chi connectivity index (χ0v) is 14.4. The molecule has 0 radical (unpaired) electrons. The number of nitrogens with two attached hydrogens (primary N) is 1. The molecule has 2 aromatic rings. The third-order valence-corrected chi connectivity index (χ3v) is 5.70. The van der Waals surface area contributed by atoms with E-state index in [1.165, 1.54) is 11.1 Å². The molecule has 0 aromatic heterocycles. The molecule has 3 atom stereocenters. The zero-order valence-electron chi connectivity index (χ0n) is 14.4. The van der Waals surface area contributed by atoms with Crippen LogP contribution in [0.4, 0.5) is 4.79 Å². The third kappa shape index (κ3) is 3.40. The Kier molecular flexibility index (Phi) is 4.45. The molecule has 130 valence electrons. The van der Waals surface area contributed by atoms with Crippen LogP contribution >= 0.6 is 0 Å². The van der Waals surface area contributed by atoms with Crippen LogP contribution in [0.2, 0.25) is 0 Å². The Morgan fingerprint density at radius 2 is 1.56 bits per heavy atom. The number of carbonyl (C=O) groups excluding carboxylic acids is 1. The van der Waals surface area contributed by atoms with Gasteiger partial charge in [-0.2, -0.15) is 0 Å².